The van der Waals surface area contributed by atoms with Crippen molar-refractivity contribution < 1.29 is 4.79 Å². The van der Waals surface area contributed by atoms with Crippen LogP contribution >= 0.6 is 11.6 Å². The van der Waals surface area contributed by atoms with Crippen LogP contribution in [0, 0.1) is 6.92 Å². The Morgan fingerprint density at radius 1 is 1.00 bits per heavy atom. The van der Waals surface area contributed by atoms with Crippen molar-refractivity contribution in [2.45, 2.75) is 33.1 Å². The molecular formula is C27H29ClN6O. The number of anilines is 1. The van der Waals surface area contributed by atoms with Crippen molar-refractivity contribution in [1.29, 1.82) is 0 Å². The van der Waals surface area contributed by atoms with Crippen LogP contribution in [0.25, 0.3) is 16.7 Å². The lowest BCUT2D eigenvalue weighted by Crippen LogP contribution is -2.35. The van der Waals surface area contributed by atoms with E-state index in [9.17, 15) is 4.79 Å². The van der Waals surface area contributed by atoms with E-state index >= 15 is 0 Å². The maximum atomic E-state index is 13.1. The van der Waals surface area contributed by atoms with E-state index in [1.165, 1.54) is 0 Å². The molecule has 3 heterocycles. The van der Waals surface area contributed by atoms with Gasteiger partial charge in [-0.15, -0.1) is 0 Å². The molecule has 5 rings (SSSR count). The molecule has 1 amide bonds. The van der Waals surface area contributed by atoms with Gasteiger partial charge in [0.15, 0.2) is 5.65 Å². The van der Waals surface area contributed by atoms with Crippen LogP contribution in [-0.4, -0.2) is 56.7 Å². The molecule has 0 aliphatic carbocycles. The number of nitrogens with zero attached hydrogens (tertiary/aromatic N) is 6. The van der Waals surface area contributed by atoms with Crippen LogP contribution in [0.5, 0.6) is 0 Å². The molecule has 2 aromatic heterocycles. The molecule has 1 saturated heterocycles. The molecule has 1 fully saturated rings. The molecule has 7 nitrogen and oxygen atoms in total. The molecule has 35 heavy (non-hydrogen) atoms. The zero-order valence-electron chi connectivity index (χ0n) is 20.1. The Morgan fingerprint density at radius 3 is 2.60 bits per heavy atom. The van der Waals surface area contributed by atoms with Gasteiger partial charge in [0, 0.05) is 43.2 Å². The summed E-state index contributed by atoms with van der Waals surface area (Å²) in [4.78, 5) is 27.2. The average Bonchev–Trinajstić information content (AvgIpc) is 3.04. The molecule has 1 aliphatic heterocycles. The van der Waals surface area contributed by atoms with Gasteiger partial charge in [0.2, 0.25) is 0 Å². The SMILES string of the molecule is CCCc1nc(N2CCCN(C(=O)c3cccc(Cl)c3)CC2)c2c(C)nn(-c3ccccc3)c2n1. The summed E-state index contributed by atoms with van der Waals surface area (Å²) < 4.78 is 1.92. The molecule has 0 saturated carbocycles. The maximum absolute atomic E-state index is 13.1. The predicted octanol–water partition coefficient (Wildman–Crippen LogP) is 5.08. The third-order valence-electron chi connectivity index (χ3n) is 6.36. The number of fused-ring (bicyclic) bond motifs is 1. The zero-order chi connectivity index (χ0) is 24.4. The summed E-state index contributed by atoms with van der Waals surface area (Å²) in [6, 6.07) is 17.3. The third kappa shape index (κ3) is 4.73. The van der Waals surface area contributed by atoms with Crippen LogP contribution < -0.4 is 4.90 Å². The van der Waals surface area contributed by atoms with Gasteiger partial charge in [-0.3, -0.25) is 4.79 Å². The quantitative estimate of drug-likeness (QED) is 0.392. The fourth-order valence-corrected chi connectivity index (χ4v) is 4.85. The zero-order valence-corrected chi connectivity index (χ0v) is 20.9. The van der Waals surface area contributed by atoms with E-state index in [1.54, 1.807) is 12.1 Å². The molecule has 180 valence electrons. The van der Waals surface area contributed by atoms with Gasteiger partial charge >= 0.3 is 0 Å². The number of para-hydroxylation sites is 1. The molecular weight excluding hydrogens is 460 g/mol. The first-order valence-corrected chi connectivity index (χ1v) is 12.5. The molecule has 0 bridgehead atoms. The van der Waals surface area contributed by atoms with Crippen LogP contribution in [0.1, 0.15) is 41.6 Å². The van der Waals surface area contributed by atoms with Crippen molar-refractivity contribution in [3.05, 3.63) is 76.7 Å². The number of amides is 1. The van der Waals surface area contributed by atoms with Gasteiger partial charge in [0.1, 0.15) is 11.6 Å². The number of halogens is 1. The number of hydrogen-bond donors (Lipinski definition) is 0. The average molecular weight is 489 g/mol. The van der Waals surface area contributed by atoms with E-state index in [2.05, 4.69) is 11.8 Å². The standard InChI is InChI=1S/C27H29ClN6O/c1-3-9-23-29-25(24-19(2)31-34(26(24)30-23)22-12-5-4-6-13-22)32-14-8-15-33(17-16-32)27(35)20-10-7-11-21(28)18-20/h4-7,10-13,18H,3,8-9,14-17H2,1-2H3. The largest absolute Gasteiger partial charge is 0.354 e. The van der Waals surface area contributed by atoms with E-state index in [0.717, 1.165) is 59.9 Å². The number of hydrogen-bond acceptors (Lipinski definition) is 5. The molecule has 0 unspecified atom stereocenters. The fraction of sp³-hybridized carbons (Fsp3) is 0.333. The summed E-state index contributed by atoms with van der Waals surface area (Å²) in [5, 5.41) is 6.39. The highest BCUT2D eigenvalue weighted by atomic mass is 35.5. The highest BCUT2D eigenvalue weighted by Crippen LogP contribution is 2.30. The minimum atomic E-state index is 0.0157. The highest BCUT2D eigenvalue weighted by molar-refractivity contribution is 6.30. The minimum Gasteiger partial charge on any atom is -0.354 e. The maximum Gasteiger partial charge on any atom is 0.253 e. The molecule has 2 aromatic carbocycles. The second kappa shape index (κ2) is 10.0. The minimum absolute atomic E-state index is 0.0157. The van der Waals surface area contributed by atoms with Crippen molar-refractivity contribution in [1.82, 2.24) is 24.6 Å². The molecule has 0 radical (unpaired) electrons. The number of benzene rings is 2. The monoisotopic (exact) mass is 488 g/mol. The lowest BCUT2D eigenvalue weighted by atomic mass is 10.2. The van der Waals surface area contributed by atoms with Gasteiger partial charge in [0.05, 0.1) is 16.8 Å². The molecule has 8 heteroatoms. The van der Waals surface area contributed by atoms with Crippen LogP contribution in [0.4, 0.5) is 5.82 Å². The van der Waals surface area contributed by atoms with E-state index in [4.69, 9.17) is 26.7 Å². The Balaban J connectivity index is 1.49. The Labute approximate surface area is 210 Å². The van der Waals surface area contributed by atoms with Crippen molar-refractivity contribution in [3.63, 3.8) is 0 Å². The summed E-state index contributed by atoms with van der Waals surface area (Å²) in [6.45, 7) is 6.97. The van der Waals surface area contributed by atoms with Gasteiger partial charge in [-0.05, 0) is 50.1 Å². The topological polar surface area (TPSA) is 67.2 Å². The fourth-order valence-electron chi connectivity index (χ4n) is 4.66. The van der Waals surface area contributed by atoms with Gasteiger partial charge in [-0.2, -0.15) is 5.10 Å². The Morgan fingerprint density at radius 2 is 1.83 bits per heavy atom. The summed E-state index contributed by atoms with van der Waals surface area (Å²) in [6.07, 6.45) is 2.62. The van der Waals surface area contributed by atoms with Crippen molar-refractivity contribution in [3.8, 4) is 5.69 Å². The van der Waals surface area contributed by atoms with E-state index in [1.807, 2.05) is 59.0 Å². The van der Waals surface area contributed by atoms with Crippen molar-refractivity contribution in [2.75, 3.05) is 31.1 Å². The molecule has 0 atom stereocenters. The van der Waals surface area contributed by atoms with Gasteiger partial charge in [-0.25, -0.2) is 14.6 Å². The summed E-state index contributed by atoms with van der Waals surface area (Å²) in [5.74, 6) is 1.75. The van der Waals surface area contributed by atoms with Crippen LogP contribution in [0.15, 0.2) is 54.6 Å². The number of carbonyl (C=O) groups is 1. The lowest BCUT2D eigenvalue weighted by Gasteiger charge is -2.24. The van der Waals surface area contributed by atoms with Crippen LogP contribution in [-0.2, 0) is 6.42 Å². The molecule has 1 aliphatic rings. The summed E-state index contributed by atoms with van der Waals surface area (Å²) in [7, 11) is 0. The molecule has 0 N–H and O–H groups in total. The number of aromatic nitrogens is 4. The first kappa shape index (κ1) is 23.3. The Bertz CT molecular complexity index is 1350. The van der Waals surface area contributed by atoms with Crippen LogP contribution in [0.3, 0.4) is 0 Å². The molecule has 0 spiro atoms. The predicted molar refractivity (Wildman–Crippen MR) is 140 cm³/mol. The normalized spacial score (nSPS) is 14.4. The first-order chi connectivity index (χ1) is 17.0. The van der Waals surface area contributed by atoms with Gasteiger partial charge < -0.3 is 9.80 Å². The lowest BCUT2D eigenvalue weighted by molar-refractivity contribution is 0.0767. The number of aryl methyl sites for hydroxylation is 2. The van der Waals surface area contributed by atoms with Gasteiger partial charge in [0.25, 0.3) is 5.91 Å². The van der Waals surface area contributed by atoms with E-state index < -0.39 is 0 Å². The molecule has 4 aromatic rings. The van der Waals surface area contributed by atoms with Crippen molar-refractivity contribution >= 4 is 34.4 Å². The van der Waals surface area contributed by atoms with Gasteiger partial charge in [-0.1, -0.05) is 42.8 Å². The second-order valence-corrected chi connectivity index (χ2v) is 9.32. The van der Waals surface area contributed by atoms with E-state index in [0.29, 0.717) is 30.2 Å². The first-order valence-electron chi connectivity index (χ1n) is 12.2. The second-order valence-electron chi connectivity index (χ2n) is 8.89. The summed E-state index contributed by atoms with van der Waals surface area (Å²) >= 11 is 6.12. The Kier molecular flexibility index (Phi) is 6.68. The van der Waals surface area contributed by atoms with Crippen LogP contribution in [0.2, 0.25) is 5.02 Å². The smallest absolute Gasteiger partial charge is 0.253 e. The Hall–Kier alpha value is -3.45. The van der Waals surface area contributed by atoms with Crippen molar-refractivity contribution in [2.24, 2.45) is 0 Å². The highest BCUT2D eigenvalue weighted by Gasteiger charge is 2.25. The summed E-state index contributed by atoms with van der Waals surface area (Å²) in [5.41, 5.74) is 3.34. The van der Waals surface area contributed by atoms with E-state index in [-0.39, 0.29) is 5.91 Å². The number of rotatable bonds is 5. The number of carbonyl (C=O) groups excluding carboxylic acids is 1. The third-order valence-corrected chi connectivity index (χ3v) is 6.59.